The minimum absolute atomic E-state index is 0.0473. The van der Waals surface area contributed by atoms with Crippen molar-refractivity contribution in [3.63, 3.8) is 0 Å². The number of rotatable bonds is 2. The van der Waals surface area contributed by atoms with Crippen LogP contribution in [0, 0.1) is 11.3 Å². The summed E-state index contributed by atoms with van der Waals surface area (Å²) in [6.45, 7) is 3.60. The summed E-state index contributed by atoms with van der Waals surface area (Å²) in [6, 6.07) is 0. The van der Waals surface area contributed by atoms with Gasteiger partial charge in [0.25, 0.3) is 10.1 Å². The van der Waals surface area contributed by atoms with E-state index in [9.17, 15) is 13.2 Å². The van der Waals surface area contributed by atoms with Crippen molar-refractivity contribution >= 4 is 15.9 Å². The van der Waals surface area contributed by atoms with Crippen molar-refractivity contribution < 1.29 is 17.8 Å². The Morgan fingerprint density at radius 3 is 2.57 bits per heavy atom. The largest absolute Gasteiger partial charge is 0.299 e. The van der Waals surface area contributed by atoms with Crippen LogP contribution >= 0.6 is 0 Å². The summed E-state index contributed by atoms with van der Waals surface area (Å²) in [7, 11) is -4.05. The van der Waals surface area contributed by atoms with Crippen molar-refractivity contribution in [1.29, 1.82) is 0 Å². The maximum Gasteiger partial charge on any atom is 0.265 e. The van der Waals surface area contributed by atoms with E-state index in [1.807, 2.05) is 6.92 Å². The van der Waals surface area contributed by atoms with Crippen LogP contribution in [0.4, 0.5) is 0 Å². The third kappa shape index (κ3) is 2.78. The number of hydrogen-bond donors (Lipinski definition) is 1. The topological polar surface area (TPSA) is 71.4 Å². The fourth-order valence-corrected chi connectivity index (χ4v) is 3.04. The molecule has 0 heterocycles. The van der Waals surface area contributed by atoms with E-state index in [0.717, 1.165) is 6.42 Å². The van der Waals surface area contributed by atoms with Crippen molar-refractivity contribution in [2.45, 2.75) is 33.1 Å². The first-order chi connectivity index (χ1) is 6.23. The number of Topliss-reactive ketones (excluding diaryl/α,β-unsaturated/α-hetero) is 1. The molecule has 1 rings (SSSR count). The molecule has 0 bridgehead atoms. The molecule has 14 heavy (non-hydrogen) atoms. The molecular weight excluding hydrogens is 204 g/mol. The van der Waals surface area contributed by atoms with E-state index in [-0.39, 0.29) is 5.78 Å². The summed E-state index contributed by atoms with van der Waals surface area (Å²) in [5.41, 5.74) is -0.875. The summed E-state index contributed by atoms with van der Waals surface area (Å²) in [4.78, 5) is 11.6. The zero-order chi connectivity index (χ0) is 11.0. The lowest BCUT2D eigenvalue weighted by atomic mass is 9.72. The second-order valence-corrected chi connectivity index (χ2v) is 6.01. The minimum atomic E-state index is -4.05. The molecule has 2 atom stereocenters. The van der Waals surface area contributed by atoms with Crippen molar-refractivity contribution in [2.75, 3.05) is 5.75 Å². The lowest BCUT2D eigenvalue weighted by Gasteiger charge is -2.33. The van der Waals surface area contributed by atoms with Gasteiger partial charge in [-0.05, 0) is 18.8 Å². The van der Waals surface area contributed by atoms with E-state index in [1.165, 1.54) is 0 Å². The Morgan fingerprint density at radius 1 is 1.57 bits per heavy atom. The highest BCUT2D eigenvalue weighted by Gasteiger charge is 2.40. The molecule has 82 valence electrons. The van der Waals surface area contributed by atoms with Crippen LogP contribution in [0.1, 0.15) is 33.1 Å². The van der Waals surface area contributed by atoms with E-state index in [2.05, 4.69) is 0 Å². The van der Waals surface area contributed by atoms with Crippen molar-refractivity contribution in [3.8, 4) is 0 Å². The molecule has 1 saturated carbocycles. The number of ketones is 1. The second kappa shape index (κ2) is 3.62. The van der Waals surface area contributed by atoms with Crippen molar-refractivity contribution in [2.24, 2.45) is 11.3 Å². The van der Waals surface area contributed by atoms with Crippen LogP contribution in [0.2, 0.25) is 0 Å². The normalized spacial score (nSPS) is 34.5. The van der Waals surface area contributed by atoms with Crippen LogP contribution in [0.15, 0.2) is 0 Å². The molecule has 1 aliphatic rings. The SMILES string of the molecule is C[C@H]1CCC(C)(CS(=O)(=O)O)C(=O)C1. The highest BCUT2D eigenvalue weighted by molar-refractivity contribution is 7.85. The van der Waals surface area contributed by atoms with Gasteiger partial charge >= 0.3 is 0 Å². The van der Waals surface area contributed by atoms with Gasteiger partial charge in [0.15, 0.2) is 0 Å². The quantitative estimate of drug-likeness (QED) is 0.711. The molecule has 4 nitrogen and oxygen atoms in total. The Morgan fingerprint density at radius 2 is 2.14 bits per heavy atom. The molecule has 0 aromatic heterocycles. The van der Waals surface area contributed by atoms with Crippen LogP contribution in [0.3, 0.4) is 0 Å². The summed E-state index contributed by atoms with van der Waals surface area (Å²) in [5, 5.41) is 0. The zero-order valence-corrected chi connectivity index (χ0v) is 9.30. The number of hydrogen-bond acceptors (Lipinski definition) is 3. The molecule has 1 aliphatic carbocycles. The van der Waals surface area contributed by atoms with Crippen LogP contribution in [0.5, 0.6) is 0 Å². The highest BCUT2D eigenvalue weighted by atomic mass is 32.2. The molecule has 1 fully saturated rings. The summed E-state index contributed by atoms with van der Waals surface area (Å²) >= 11 is 0. The van der Waals surface area contributed by atoms with E-state index in [1.54, 1.807) is 6.92 Å². The monoisotopic (exact) mass is 220 g/mol. The fraction of sp³-hybridized carbons (Fsp3) is 0.889. The first kappa shape index (κ1) is 11.7. The Bertz CT molecular complexity index is 333. The zero-order valence-electron chi connectivity index (χ0n) is 8.49. The Kier molecular flexibility index (Phi) is 3.02. The van der Waals surface area contributed by atoms with E-state index < -0.39 is 21.3 Å². The first-order valence-corrected chi connectivity index (χ1v) is 6.32. The van der Waals surface area contributed by atoms with Gasteiger partial charge in [0.1, 0.15) is 5.78 Å². The van der Waals surface area contributed by atoms with Crippen molar-refractivity contribution in [3.05, 3.63) is 0 Å². The Hall–Kier alpha value is -0.420. The van der Waals surface area contributed by atoms with Gasteiger partial charge in [0.05, 0.1) is 5.75 Å². The lowest BCUT2D eigenvalue weighted by molar-refractivity contribution is -0.130. The average molecular weight is 220 g/mol. The van der Waals surface area contributed by atoms with E-state index >= 15 is 0 Å². The lowest BCUT2D eigenvalue weighted by Crippen LogP contribution is -2.39. The molecule has 0 radical (unpaired) electrons. The average Bonchev–Trinajstić information content (AvgIpc) is 1.95. The van der Waals surface area contributed by atoms with Gasteiger partial charge < -0.3 is 0 Å². The molecule has 0 aromatic carbocycles. The van der Waals surface area contributed by atoms with Gasteiger partial charge in [-0.15, -0.1) is 0 Å². The molecular formula is C9H16O4S. The van der Waals surface area contributed by atoms with Crippen molar-refractivity contribution in [1.82, 2.24) is 0 Å². The predicted octanol–water partition coefficient (Wildman–Crippen LogP) is 1.27. The third-order valence-corrected chi connectivity index (χ3v) is 3.90. The van der Waals surface area contributed by atoms with E-state index in [4.69, 9.17) is 4.55 Å². The maximum atomic E-state index is 11.6. The number of carbonyl (C=O) groups excluding carboxylic acids is 1. The van der Waals surface area contributed by atoms with Crippen LogP contribution in [-0.4, -0.2) is 24.5 Å². The predicted molar refractivity (Wildman–Crippen MR) is 52.5 cm³/mol. The maximum absolute atomic E-state index is 11.6. The molecule has 0 aromatic rings. The molecule has 0 aliphatic heterocycles. The smallest absolute Gasteiger partial charge is 0.265 e. The van der Waals surface area contributed by atoms with Gasteiger partial charge in [-0.2, -0.15) is 8.42 Å². The van der Waals surface area contributed by atoms with Gasteiger partial charge in [-0.1, -0.05) is 13.8 Å². The second-order valence-electron chi connectivity index (χ2n) is 4.56. The van der Waals surface area contributed by atoms with Gasteiger partial charge in [0, 0.05) is 11.8 Å². The molecule has 0 spiro atoms. The van der Waals surface area contributed by atoms with Gasteiger partial charge in [-0.3, -0.25) is 9.35 Å². The Labute approximate surface area is 84.4 Å². The summed E-state index contributed by atoms with van der Waals surface area (Å²) in [6.07, 6.45) is 1.82. The van der Waals surface area contributed by atoms with Crippen LogP contribution in [-0.2, 0) is 14.9 Å². The standard InChI is InChI=1S/C9H16O4S/c1-7-3-4-9(2,8(10)5-7)6-14(11,12)13/h7H,3-6H2,1-2H3,(H,11,12,13)/t7-,9?/m0/s1. The van der Waals surface area contributed by atoms with Gasteiger partial charge in [-0.25, -0.2) is 0 Å². The first-order valence-electron chi connectivity index (χ1n) is 4.71. The van der Waals surface area contributed by atoms with Crippen LogP contribution in [0.25, 0.3) is 0 Å². The molecule has 0 saturated heterocycles. The minimum Gasteiger partial charge on any atom is -0.299 e. The third-order valence-electron chi connectivity index (χ3n) is 2.90. The summed E-state index contributed by atoms with van der Waals surface area (Å²) < 4.78 is 30.2. The van der Waals surface area contributed by atoms with E-state index in [0.29, 0.717) is 18.8 Å². The fourth-order valence-electron chi connectivity index (χ4n) is 1.92. The molecule has 5 heteroatoms. The van der Waals surface area contributed by atoms with Crippen LogP contribution < -0.4 is 0 Å². The molecule has 0 amide bonds. The summed E-state index contributed by atoms with van der Waals surface area (Å²) in [5.74, 6) is -0.156. The number of carbonyl (C=O) groups is 1. The highest BCUT2D eigenvalue weighted by Crippen LogP contribution is 2.36. The Balaban J connectivity index is 2.80. The van der Waals surface area contributed by atoms with Gasteiger partial charge in [0.2, 0.25) is 0 Å². The molecule has 1 unspecified atom stereocenters. The molecule has 1 N–H and O–H groups in total.